The highest BCUT2D eigenvalue weighted by atomic mass is 32.1. The van der Waals surface area contributed by atoms with Gasteiger partial charge in [0.2, 0.25) is 0 Å². The maximum absolute atomic E-state index is 11.8. The second-order valence-electron chi connectivity index (χ2n) is 2.91. The summed E-state index contributed by atoms with van der Waals surface area (Å²) in [6.45, 7) is 1.89. The largest absolute Gasteiger partial charge is 0.383 e. The minimum absolute atomic E-state index is 0.167. The number of thiophene rings is 1. The highest BCUT2D eigenvalue weighted by Crippen LogP contribution is 2.17. The van der Waals surface area contributed by atoms with E-state index in [9.17, 15) is 4.79 Å². The molecule has 0 aliphatic carbocycles. The quantitative estimate of drug-likeness (QED) is 0.771. The van der Waals surface area contributed by atoms with E-state index in [4.69, 9.17) is 5.73 Å². The number of nitrogens with two attached hydrogens (primary N) is 1. The van der Waals surface area contributed by atoms with Crippen molar-refractivity contribution in [2.24, 2.45) is 0 Å². The van der Waals surface area contributed by atoms with Crippen molar-refractivity contribution >= 4 is 23.1 Å². The minimum atomic E-state index is -0.167. The molecular weight excluding hydrogens is 198 g/mol. The first kappa shape index (κ1) is 8.96. The minimum Gasteiger partial charge on any atom is -0.383 e. The lowest BCUT2D eigenvalue weighted by molar-refractivity contribution is 0.0951. The maximum atomic E-state index is 11.8. The Morgan fingerprint density at radius 2 is 2.36 bits per heavy atom. The van der Waals surface area contributed by atoms with Crippen LogP contribution in [-0.2, 0) is 0 Å². The number of nitrogens with zero attached hydrogens (tertiary/aromatic N) is 2. The van der Waals surface area contributed by atoms with E-state index < -0.39 is 0 Å². The fraction of sp³-hybridized carbons (Fsp3) is 0.111. The lowest BCUT2D eigenvalue weighted by Gasteiger charge is -2.00. The second-order valence-corrected chi connectivity index (χ2v) is 3.82. The standard InChI is InChI=1S/C9H9N3OS/c1-6-3-5-14-8(6)9(13)12-7(10)2-4-11-12/h2-5H,10H2,1H3. The molecule has 2 heterocycles. The van der Waals surface area contributed by atoms with Crippen molar-refractivity contribution in [3.05, 3.63) is 34.2 Å². The van der Waals surface area contributed by atoms with Gasteiger partial charge < -0.3 is 5.73 Å². The van der Waals surface area contributed by atoms with Crippen molar-refractivity contribution in [3.8, 4) is 0 Å². The van der Waals surface area contributed by atoms with Gasteiger partial charge in [0.25, 0.3) is 5.91 Å². The predicted molar refractivity (Wildman–Crippen MR) is 55.4 cm³/mol. The van der Waals surface area contributed by atoms with Gasteiger partial charge in [-0.3, -0.25) is 4.79 Å². The molecule has 0 bridgehead atoms. The molecule has 2 aromatic heterocycles. The van der Waals surface area contributed by atoms with E-state index >= 15 is 0 Å². The zero-order valence-corrected chi connectivity index (χ0v) is 8.41. The Morgan fingerprint density at radius 1 is 1.57 bits per heavy atom. The van der Waals surface area contributed by atoms with Crippen LogP contribution in [0.1, 0.15) is 15.2 Å². The number of rotatable bonds is 1. The number of hydrogen-bond acceptors (Lipinski definition) is 4. The average Bonchev–Trinajstić information content (AvgIpc) is 2.73. The molecule has 0 amide bonds. The Kier molecular flexibility index (Phi) is 2.09. The molecule has 0 saturated heterocycles. The van der Waals surface area contributed by atoms with Crippen LogP contribution in [0.2, 0.25) is 0 Å². The van der Waals surface area contributed by atoms with Gasteiger partial charge >= 0.3 is 0 Å². The van der Waals surface area contributed by atoms with Crippen molar-refractivity contribution in [2.75, 3.05) is 5.73 Å². The fourth-order valence-electron chi connectivity index (χ4n) is 1.17. The highest BCUT2D eigenvalue weighted by molar-refractivity contribution is 7.12. The van der Waals surface area contributed by atoms with Crippen LogP contribution >= 0.6 is 11.3 Å². The summed E-state index contributed by atoms with van der Waals surface area (Å²) in [5, 5.41) is 5.74. The second kappa shape index (κ2) is 3.26. The molecule has 2 rings (SSSR count). The van der Waals surface area contributed by atoms with Crippen LogP contribution in [0.5, 0.6) is 0 Å². The van der Waals surface area contributed by atoms with Crippen LogP contribution in [0.3, 0.4) is 0 Å². The Labute approximate surface area is 85.0 Å². The van der Waals surface area contributed by atoms with Crippen LogP contribution in [-0.4, -0.2) is 15.7 Å². The van der Waals surface area contributed by atoms with E-state index in [1.165, 1.54) is 22.2 Å². The van der Waals surface area contributed by atoms with Crippen molar-refractivity contribution in [1.82, 2.24) is 9.78 Å². The van der Waals surface area contributed by atoms with Gasteiger partial charge in [-0.2, -0.15) is 9.78 Å². The van der Waals surface area contributed by atoms with Crippen LogP contribution < -0.4 is 5.73 Å². The number of carbonyl (C=O) groups excluding carboxylic acids is 1. The van der Waals surface area contributed by atoms with Gasteiger partial charge in [0.15, 0.2) is 0 Å². The number of nitrogen functional groups attached to an aromatic ring is 1. The zero-order valence-electron chi connectivity index (χ0n) is 7.60. The number of aromatic nitrogens is 2. The molecular formula is C9H9N3OS. The summed E-state index contributed by atoms with van der Waals surface area (Å²) in [7, 11) is 0. The summed E-state index contributed by atoms with van der Waals surface area (Å²) >= 11 is 1.40. The first-order chi connectivity index (χ1) is 6.70. The van der Waals surface area contributed by atoms with Crippen LogP contribution in [0.25, 0.3) is 0 Å². The summed E-state index contributed by atoms with van der Waals surface area (Å²) < 4.78 is 1.21. The molecule has 0 saturated carbocycles. The molecule has 0 fully saturated rings. The van der Waals surface area contributed by atoms with Crippen LogP contribution in [0.4, 0.5) is 5.82 Å². The SMILES string of the molecule is Cc1ccsc1C(=O)n1nccc1N. The van der Waals surface area contributed by atoms with Gasteiger partial charge in [-0.05, 0) is 23.9 Å². The monoisotopic (exact) mass is 207 g/mol. The van der Waals surface area contributed by atoms with Gasteiger partial charge in [-0.25, -0.2) is 0 Å². The molecule has 0 spiro atoms. The van der Waals surface area contributed by atoms with Gasteiger partial charge in [0.1, 0.15) is 5.82 Å². The summed E-state index contributed by atoms with van der Waals surface area (Å²) in [5.74, 6) is 0.197. The molecule has 0 aromatic carbocycles. The van der Waals surface area contributed by atoms with E-state index in [0.717, 1.165) is 5.56 Å². The number of anilines is 1. The molecule has 0 aliphatic heterocycles. The van der Waals surface area contributed by atoms with Crippen LogP contribution in [0, 0.1) is 6.92 Å². The summed E-state index contributed by atoms with van der Waals surface area (Å²) in [5.41, 5.74) is 6.54. The van der Waals surface area contributed by atoms with E-state index in [1.807, 2.05) is 18.4 Å². The molecule has 14 heavy (non-hydrogen) atoms. The Balaban J connectivity index is 2.44. The van der Waals surface area contributed by atoms with Crippen molar-refractivity contribution in [2.45, 2.75) is 6.92 Å². The van der Waals surface area contributed by atoms with Gasteiger partial charge in [-0.1, -0.05) is 0 Å². The van der Waals surface area contributed by atoms with Crippen molar-refractivity contribution in [1.29, 1.82) is 0 Å². The molecule has 72 valence electrons. The van der Waals surface area contributed by atoms with E-state index in [2.05, 4.69) is 5.10 Å². The Hall–Kier alpha value is -1.62. The maximum Gasteiger partial charge on any atom is 0.290 e. The van der Waals surface area contributed by atoms with Gasteiger partial charge in [-0.15, -0.1) is 11.3 Å². The molecule has 0 radical (unpaired) electrons. The molecule has 0 unspecified atom stereocenters. The van der Waals surface area contributed by atoms with E-state index in [1.54, 1.807) is 6.07 Å². The third-order valence-electron chi connectivity index (χ3n) is 1.92. The lowest BCUT2D eigenvalue weighted by Crippen LogP contribution is -2.15. The molecule has 5 heteroatoms. The Bertz CT molecular complexity index is 430. The van der Waals surface area contributed by atoms with Crippen LogP contribution in [0.15, 0.2) is 23.7 Å². The van der Waals surface area contributed by atoms with Crippen molar-refractivity contribution < 1.29 is 4.79 Å². The molecule has 4 nitrogen and oxygen atoms in total. The topological polar surface area (TPSA) is 60.9 Å². The van der Waals surface area contributed by atoms with Gasteiger partial charge in [0.05, 0.1) is 11.1 Å². The summed E-state index contributed by atoms with van der Waals surface area (Å²) in [4.78, 5) is 12.5. The fourth-order valence-corrected chi connectivity index (χ4v) is 2.02. The van der Waals surface area contributed by atoms with Gasteiger partial charge in [0, 0.05) is 6.07 Å². The molecule has 0 atom stereocenters. The summed E-state index contributed by atoms with van der Waals surface area (Å²) in [6.07, 6.45) is 1.51. The number of aryl methyl sites for hydroxylation is 1. The zero-order chi connectivity index (χ0) is 10.1. The van der Waals surface area contributed by atoms with E-state index in [0.29, 0.717) is 10.7 Å². The smallest absolute Gasteiger partial charge is 0.290 e. The third-order valence-corrected chi connectivity index (χ3v) is 2.93. The first-order valence-corrected chi connectivity index (χ1v) is 4.96. The Morgan fingerprint density at radius 3 is 2.86 bits per heavy atom. The molecule has 2 N–H and O–H groups in total. The first-order valence-electron chi connectivity index (χ1n) is 4.08. The number of carbonyl (C=O) groups is 1. The van der Waals surface area contributed by atoms with E-state index in [-0.39, 0.29) is 5.91 Å². The predicted octanol–water partition coefficient (Wildman–Crippen LogP) is 1.52. The lowest BCUT2D eigenvalue weighted by atomic mass is 10.3. The highest BCUT2D eigenvalue weighted by Gasteiger charge is 2.14. The number of hydrogen-bond donors (Lipinski definition) is 1. The molecule has 0 aliphatic rings. The average molecular weight is 207 g/mol. The molecule has 2 aromatic rings. The normalized spacial score (nSPS) is 10.4. The third kappa shape index (κ3) is 1.31. The van der Waals surface area contributed by atoms with Crippen molar-refractivity contribution in [3.63, 3.8) is 0 Å². The summed E-state index contributed by atoms with van der Waals surface area (Å²) in [6, 6.07) is 3.50.